The van der Waals surface area contributed by atoms with Gasteiger partial charge in [-0.25, -0.2) is 0 Å². The molecule has 1 aliphatic carbocycles. The fourth-order valence-corrected chi connectivity index (χ4v) is 4.23. The molecule has 0 spiro atoms. The van der Waals surface area contributed by atoms with Crippen LogP contribution >= 0.6 is 0 Å². The predicted molar refractivity (Wildman–Crippen MR) is 123 cm³/mol. The van der Waals surface area contributed by atoms with Crippen molar-refractivity contribution in [2.45, 2.75) is 45.8 Å². The number of amides is 2. The van der Waals surface area contributed by atoms with Crippen LogP contribution in [0.4, 0.5) is 0 Å². The third-order valence-electron chi connectivity index (χ3n) is 5.95. The lowest BCUT2D eigenvalue weighted by Crippen LogP contribution is -2.33. The van der Waals surface area contributed by atoms with Crippen molar-refractivity contribution in [1.29, 1.82) is 0 Å². The number of nitrogens with one attached hydrogen (secondary N) is 1. The van der Waals surface area contributed by atoms with Gasteiger partial charge in [-0.1, -0.05) is 66.2 Å². The van der Waals surface area contributed by atoms with Gasteiger partial charge in [0.1, 0.15) is 0 Å². The van der Waals surface area contributed by atoms with E-state index in [1.807, 2.05) is 29.2 Å². The Balaban J connectivity index is 1.61. The maximum absolute atomic E-state index is 13.6. The van der Waals surface area contributed by atoms with Crippen LogP contribution in [0.3, 0.4) is 0 Å². The van der Waals surface area contributed by atoms with Gasteiger partial charge in [0.25, 0.3) is 5.91 Å². The molecule has 4 nitrogen and oxygen atoms in total. The van der Waals surface area contributed by atoms with E-state index in [0.717, 1.165) is 24.0 Å². The van der Waals surface area contributed by atoms with Crippen LogP contribution < -0.4 is 5.32 Å². The molecular formula is C27H28N2O2. The first-order valence-electron chi connectivity index (χ1n) is 10.8. The quantitative estimate of drug-likeness (QED) is 0.622. The van der Waals surface area contributed by atoms with Crippen molar-refractivity contribution in [3.8, 4) is 0 Å². The molecule has 0 bridgehead atoms. The van der Waals surface area contributed by atoms with Crippen LogP contribution in [0.25, 0.3) is 0 Å². The number of benzene rings is 3. The van der Waals surface area contributed by atoms with E-state index in [1.54, 1.807) is 0 Å². The zero-order valence-electron chi connectivity index (χ0n) is 18.1. The molecule has 1 unspecified atom stereocenters. The Morgan fingerprint density at radius 1 is 0.935 bits per heavy atom. The van der Waals surface area contributed by atoms with Gasteiger partial charge in [-0.15, -0.1) is 0 Å². The normalized spacial score (nSPS) is 14.7. The number of rotatable bonds is 6. The lowest BCUT2D eigenvalue weighted by Gasteiger charge is -2.30. The molecule has 0 radical (unpaired) electrons. The smallest absolute Gasteiger partial charge is 0.254 e. The fraction of sp³-hybridized carbons (Fsp3) is 0.259. The van der Waals surface area contributed by atoms with Crippen molar-refractivity contribution in [3.63, 3.8) is 0 Å². The first-order valence-corrected chi connectivity index (χ1v) is 10.8. The second-order valence-corrected chi connectivity index (χ2v) is 8.28. The predicted octanol–water partition coefficient (Wildman–Crippen LogP) is 4.96. The minimum Gasteiger partial charge on any atom is -0.352 e. The average molecular weight is 413 g/mol. The molecule has 0 heterocycles. The number of hydrogen-bond donors (Lipinski definition) is 1. The van der Waals surface area contributed by atoms with Crippen LogP contribution in [0, 0.1) is 6.92 Å². The zero-order chi connectivity index (χ0) is 21.8. The Morgan fingerprint density at radius 3 is 2.32 bits per heavy atom. The monoisotopic (exact) mass is 412 g/mol. The second-order valence-electron chi connectivity index (χ2n) is 8.28. The topological polar surface area (TPSA) is 49.4 Å². The number of fused-ring (bicyclic) bond motifs is 1. The van der Waals surface area contributed by atoms with Gasteiger partial charge in [-0.05, 0) is 54.2 Å². The molecule has 1 aliphatic rings. The van der Waals surface area contributed by atoms with Gasteiger partial charge in [0.15, 0.2) is 0 Å². The van der Waals surface area contributed by atoms with Crippen LogP contribution in [0.5, 0.6) is 0 Å². The molecule has 2 amide bonds. The summed E-state index contributed by atoms with van der Waals surface area (Å²) in [6.45, 7) is 4.61. The summed E-state index contributed by atoms with van der Waals surface area (Å²) in [6, 6.07) is 24.5. The van der Waals surface area contributed by atoms with E-state index in [9.17, 15) is 9.59 Å². The molecule has 3 aromatic carbocycles. The molecule has 0 aliphatic heterocycles. The van der Waals surface area contributed by atoms with Gasteiger partial charge >= 0.3 is 0 Å². The van der Waals surface area contributed by atoms with Gasteiger partial charge < -0.3 is 10.2 Å². The highest BCUT2D eigenvalue weighted by Crippen LogP contribution is 2.37. The maximum Gasteiger partial charge on any atom is 0.254 e. The number of nitrogens with zero attached hydrogens (tertiary/aromatic N) is 1. The zero-order valence-corrected chi connectivity index (χ0v) is 18.1. The number of carbonyl (C=O) groups excluding carboxylic acids is 2. The van der Waals surface area contributed by atoms with Gasteiger partial charge in [-0.3, -0.25) is 9.59 Å². The van der Waals surface area contributed by atoms with E-state index in [1.165, 1.54) is 23.6 Å². The van der Waals surface area contributed by atoms with Gasteiger partial charge in [-0.2, -0.15) is 0 Å². The molecule has 0 saturated heterocycles. The molecule has 0 fully saturated rings. The highest BCUT2D eigenvalue weighted by Gasteiger charge is 2.31. The van der Waals surface area contributed by atoms with Crippen molar-refractivity contribution in [2.24, 2.45) is 0 Å². The van der Waals surface area contributed by atoms with Crippen molar-refractivity contribution >= 4 is 11.8 Å². The minimum absolute atomic E-state index is 0.0355. The van der Waals surface area contributed by atoms with Crippen LogP contribution in [0.15, 0.2) is 72.8 Å². The van der Waals surface area contributed by atoms with E-state index >= 15 is 0 Å². The first-order chi connectivity index (χ1) is 15.0. The van der Waals surface area contributed by atoms with Crippen LogP contribution in [0.1, 0.15) is 57.6 Å². The first kappa shape index (κ1) is 20.9. The summed E-state index contributed by atoms with van der Waals surface area (Å²) in [4.78, 5) is 26.8. The Kier molecular flexibility index (Phi) is 6.17. The molecule has 3 aromatic rings. The Hall–Kier alpha value is -3.40. The molecule has 1 atom stereocenters. The van der Waals surface area contributed by atoms with E-state index < -0.39 is 0 Å². The van der Waals surface area contributed by atoms with E-state index in [0.29, 0.717) is 18.7 Å². The van der Waals surface area contributed by atoms with Crippen molar-refractivity contribution < 1.29 is 9.59 Å². The van der Waals surface area contributed by atoms with Crippen molar-refractivity contribution in [3.05, 3.63) is 106 Å². The molecule has 4 heteroatoms. The van der Waals surface area contributed by atoms with E-state index in [-0.39, 0.29) is 17.9 Å². The molecule has 1 N–H and O–H groups in total. The van der Waals surface area contributed by atoms with Crippen molar-refractivity contribution in [1.82, 2.24) is 10.2 Å². The van der Waals surface area contributed by atoms with Crippen LogP contribution in [-0.2, 0) is 24.3 Å². The van der Waals surface area contributed by atoms with E-state index in [2.05, 4.69) is 60.8 Å². The maximum atomic E-state index is 13.6. The lowest BCUT2D eigenvalue weighted by atomic mass is 10.0. The Labute approximate surface area is 183 Å². The third kappa shape index (κ3) is 4.85. The van der Waals surface area contributed by atoms with Gasteiger partial charge in [0, 0.05) is 25.6 Å². The highest BCUT2D eigenvalue weighted by molar-refractivity contribution is 5.94. The molecule has 0 saturated carbocycles. The van der Waals surface area contributed by atoms with E-state index in [4.69, 9.17) is 0 Å². The molecule has 31 heavy (non-hydrogen) atoms. The SMILES string of the molecule is CC(=O)NCc1ccc(C(=O)N(Cc2ccc(C)cc2)C2CCc3ccccc32)cc1. The van der Waals surface area contributed by atoms with Gasteiger partial charge in [0.2, 0.25) is 5.91 Å². The summed E-state index contributed by atoms with van der Waals surface area (Å²) in [6.07, 6.45) is 1.94. The highest BCUT2D eigenvalue weighted by atomic mass is 16.2. The summed E-state index contributed by atoms with van der Waals surface area (Å²) >= 11 is 0. The molecule has 4 rings (SSSR count). The fourth-order valence-electron chi connectivity index (χ4n) is 4.23. The van der Waals surface area contributed by atoms with Crippen molar-refractivity contribution in [2.75, 3.05) is 0 Å². The largest absolute Gasteiger partial charge is 0.352 e. The second kappa shape index (κ2) is 9.17. The molecular weight excluding hydrogens is 384 g/mol. The third-order valence-corrected chi connectivity index (χ3v) is 5.95. The number of carbonyl (C=O) groups is 2. The molecule has 158 valence electrons. The Morgan fingerprint density at radius 2 is 1.61 bits per heavy atom. The minimum atomic E-state index is -0.0654. The van der Waals surface area contributed by atoms with Crippen LogP contribution in [-0.4, -0.2) is 16.7 Å². The number of aryl methyl sites for hydroxylation is 2. The summed E-state index contributed by atoms with van der Waals surface area (Å²) in [7, 11) is 0. The summed E-state index contributed by atoms with van der Waals surface area (Å²) in [5.74, 6) is -0.0299. The summed E-state index contributed by atoms with van der Waals surface area (Å²) in [5, 5.41) is 2.79. The number of hydrogen-bond acceptors (Lipinski definition) is 2. The standard InChI is InChI=1S/C27H28N2O2/c1-19-7-9-22(10-8-19)18-29(26-16-15-23-5-3-4-6-25(23)26)27(31)24-13-11-21(12-14-24)17-28-20(2)30/h3-14,26H,15-18H2,1-2H3,(H,28,30). The molecule has 0 aromatic heterocycles. The van der Waals surface area contributed by atoms with Crippen LogP contribution in [0.2, 0.25) is 0 Å². The summed E-state index contributed by atoms with van der Waals surface area (Å²) < 4.78 is 0. The Bertz CT molecular complexity index is 1070. The average Bonchev–Trinajstić information content (AvgIpc) is 3.21. The lowest BCUT2D eigenvalue weighted by molar-refractivity contribution is -0.119. The summed E-state index contributed by atoms with van der Waals surface area (Å²) in [5.41, 5.74) is 6.57. The van der Waals surface area contributed by atoms with Gasteiger partial charge in [0.05, 0.1) is 6.04 Å².